The van der Waals surface area contributed by atoms with Gasteiger partial charge in [0.15, 0.2) is 0 Å². The van der Waals surface area contributed by atoms with E-state index in [1.54, 1.807) is 9.80 Å². The number of hydrogen-bond acceptors (Lipinski definition) is 3. The normalized spacial score (nSPS) is 12.6. The molecule has 0 N–H and O–H groups in total. The number of hydrogen-bond donors (Lipinski definition) is 0. The molecule has 0 aliphatic rings. The smallest absolute Gasteiger partial charge is 0.236 e. The number of nitrogens with zero attached hydrogens (tertiary/aromatic N) is 2. The van der Waals surface area contributed by atoms with Crippen molar-refractivity contribution in [2.75, 3.05) is 33.2 Å². The Bertz CT molecular complexity index is 250. The van der Waals surface area contributed by atoms with E-state index in [1.165, 1.54) is 0 Å². The highest BCUT2D eigenvalue weighted by molar-refractivity contribution is 5.84. The number of ketones is 1. The molecule has 1 unspecified atom stereocenters. The summed E-state index contributed by atoms with van der Waals surface area (Å²) in [6.07, 6.45) is 0.858. The van der Waals surface area contributed by atoms with Crippen LogP contribution in [0.4, 0.5) is 0 Å². The van der Waals surface area contributed by atoms with Gasteiger partial charge in [0, 0.05) is 19.0 Å². The molecule has 4 heteroatoms. The highest BCUT2D eigenvalue weighted by Crippen LogP contribution is 2.03. The second-order valence-corrected chi connectivity index (χ2v) is 4.51. The van der Waals surface area contributed by atoms with Crippen molar-refractivity contribution in [3.05, 3.63) is 0 Å². The summed E-state index contributed by atoms with van der Waals surface area (Å²) in [5.41, 5.74) is 0. The first-order valence-electron chi connectivity index (χ1n) is 6.45. The molecule has 0 aliphatic heterocycles. The van der Waals surface area contributed by atoms with Gasteiger partial charge in [-0.05, 0) is 27.3 Å². The average Bonchev–Trinajstić information content (AvgIpc) is 2.29. The minimum absolute atomic E-state index is 0.0843. The number of likely N-dealkylation sites (N-methyl/N-ethyl adjacent to an activating group) is 2. The first kappa shape index (κ1) is 16.1. The topological polar surface area (TPSA) is 40.6 Å². The molecular weight excluding hydrogens is 216 g/mol. The highest BCUT2D eigenvalue weighted by Gasteiger charge is 2.17. The fourth-order valence-electron chi connectivity index (χ4n) is 1.61. The number of Topliss-reactive ketones (excluding diaryl/α,β-unsaturated/α-hetero) is 1. The SMILES string of the molecule is CCC(C)C(=O)CN(C)CC(=O)N(CC)CC. The number of amides is 1. The van der Waals surface area contributed by atoms with Crippen LogP contribution in [0.1, 0.15) is 34.1 Å². The zero-order chi connectivity index (χ0) is 13.4. The molecule has 1 amide bonds. The summed E-state index contributed by atoms with van der Waals surface area (Å²) in [4.78, 5) is 27.1. The Kier molecular flexibility index (Phi) is 7.79. The molecule has 0 saturated carbocycles. The fraction of sp³-hybridized carbons (Fsp3) is 0.846. The Morgan fingerprint density at radius 2 is 1.59 bits per heavy atom. The summed E-state index contributed by atoms with van der Waals surface area (Å²) in [7, 11) is 1.82. The van der Waals surface area contributed by atoms with Crippen LogP contribution >= 0.6 is 0 Å². The Morgan fingerprint density at radius 1 is 1.06 bits per heavy atom. The molecule has 100 valence electrons. The molecule has 0 radical (unpaired) electrons. The molecule has 1 atom stereocenters. The fourth-order valence-corrected chi connectivity index (χ4v) is 1.61. The molecule has 4 nitrogen and oxygen atoms in total. The van der Waals surface area contributed by atoms with Gasteiger partial charge in [0.05, 0.1) is 13.1 Å². The molecular formula is C13H26N2O2. The van der Waals surface area contributed by atoms with Gasteiger partial charge in [0.25, 0.3) is 0 Å². The number of carbonyl (C=O) groups is 2. The number of rotatable bonds is 8. The van der Waals surface area contributed by atoms with Gasteiger partial charge in [0.1, 0.15) is 5.78 Å². The van der Waals surface area contributed by atoms with Crippen molar-refractivity contribution in [1.29, 1.82) is 0 Å². The van der Waals surface area contributed by atoms with E-state index in [0.29, 0.717) is 13.1 Å². The van der Waals surface area contributed by atoms with Gasteiger partial charge in [0.2, 0.25) is 5.91 Å². The van der Waals surface area contributed by atoms with Crippen LogP contribution in [0.25, 0.3) is 0 Å². The molecule has 0 aliphatic carbocycles. The Labute approximate surface area is 105 Å². The summed E-state index contributed by atoms with van der Waals surface area (Å²) in [5.74, 6) is 0.387. The van der Waals surface area contributed by atoms with Crippen LogP contribution in [0, 0.1) is 5.92 Å². The van der Waals surface area contributed by atoms with Crippen LogP contribution in [0.5, 0.6) is 0 Å². The predicted molar refractivity (Wildman–Crippen MR) is 69.9 cm³/mol. The van der Waals surface area contributed by atoms with Crippen molar-refractivity contribution >= 4 is 11.7 Å². The predicted octanol–water partition coefficient (Wildman–Crippen LogP) is 1.40. The minimum atomic E-state index is 0.0843. The van der Waals surface area contributed by atoms with Crippen LogP contribution in [-0.4, -0.2) is 54.7 Å². The molecule has 0 aromatic carbocycles. The molecule has 0 saturated heterocycles. The van der Waals surface area contributed by atoms with Crippen LogP contribution in [0.15, 0.2) is 0 Å². The Balaban J connectivity index is 4.13. The van der Waals surface area contributed by atoms with E-state index in [-0.39, 0.29) is 17.6 Å². The molecule has 0 aromatic rings. The van der Waals surface area contributed by atoms with E-state index in [0.717, 1.165) is 19.5 Å². The number of carbonyl (C=O) groups excluding carboxylic acids is 2. The van der Waals surface area contributed by atoms with Gasteiger partial charge in [-0.25, -0.2) is 0 Å². The van der Waals surface area contributed by atoms with Crippen LogP contribution in [-0.2, 0) is 9.59 Å². The van der Waals surface area contributed by atoms with E-state index < -0.39 is 0 Å². The third kappa shape index (κ3) is 5.82. The molecule has 0 spiro atoms. The quantitative estimate of drug-likeness (QED) is 0.646. The maximum absolute atomic E-state index is 11.8. The summed E-state index contributed by atoms with van der Waals surface area (Å²) >= 11 is 0. The maximum atomic E-state index is 11.8. The Hall–Kier alpha value is -0.900. The van der Waals surface area contributed by atoms with E-state index in [1.807, 2.05) is 34.7 Å². The van der Waals surface area contributed by atoms with Gasteiger partial charge in [-0.3, -0.25) is 14.5 Å². The van der Waals surface area contributed by atoms with Gasteiger partial charge in [-0.15, -0.1) is 0 Å². The van der Waals surface area contributed by atoms with Gasteiger partial charge in [-0.1, -0.05) is 13.8 Å². The molecule has 0 heterocycles. The lowest BCUT2D eigenvalue weighted by atomic mass is 10.0. The van der Waals surface area contributed by atoms with Crippen molar-refractivity contribution in [2.45, 2.75) is 34.1 Å². The summed E-state index contributed by atoms with van der Waals surface area (Å²) in [6.45, 7) is 10.0. The standard InChI is InChI=1S/C13H26N2O2/c1-6-11(4)12(16)9-14(5)10-13(17)15(7-2)8-3/h11H,6-10H2,1-5H3. The zero-order valence-electron chi connectivity index (χ0n) is 11.8. The highest BCUT2D eigenvalue weighted by atomic mass is 16.2. The van der Waals surface area contributed by atoms with Crippen LogP contribution in [0.3, 0.4) is 0 Å². The first-order valence-corrected chi connectivity index (χ1v) is 6.45. The largest absolute Gasteiger partial charge is 0.342 e. The van der Waals surface area contributed by atoms with Gasteiger partial charge in [-0.2, -0.15) is 0 Å². The van der Waals surface area contributed by atoms with Crippen molar-refractivity contribution in [1.82, 2.24) is 9.80 Å². The lowest BCUT2D eigenvalue weighted by Gasteiger charge is -2.23. The van der Waals surface area contributed by atoms with Crippen molar-refractivity contribution in [3.8, 4) is 0 Å². The third-order valence-corrected chi connectivity index (χ3v) is 3.11. The van der Waals surface area contributed by atoms with Crippen LogP contribution < -0.4 is 0 Å². The second-order valence-electron chi connectivity index (χ2n) is 4.51. The molecule has 0 fully saturated rings. The lowest BCUT2D eigenvalue weighted by Crippen LogP contribution is -2.41. The van der Waals surface area contributed by atoms with Crippen molar-refractivity contribution in [2.24, 2.45) is 5.92 Å². The lowest BCUT2D eigenvalue weighted by molar-refractivity contribution is -0.132. The molecule has 17 heavy (non-hydrogen) atoms. The average molecular weight is 242 g/mol. The monoisotopic (exact) mass is 242 g/mol. The van der Waals surface area contributed by atoms with Crippen LogP contribution in [0.2, 0.25) is 0 Å². The Morgan fingerprint density at radius 3 is 2.00 bits per heavy atom. The van der Waals surface area contributed by atoms with E-state index in [4.69, 9.17) is 0 Å². The van der Waals surface area contributed by atoms with E-state index in [9.17, 15) is 9.59 Å². The zero-order valence-corrected chi connectivity index (χ0v) is 11.8. The van der Waals surface area contributed by atoms with Gasteiger partial charge < -0.3 is 4.90 Å². The third-order valence-electron chi connectivity index (χ3n) is 3.11. The summed E-state index contributed by atoms with van der Waals surface area (Å²) in [6, 6.07) is 0. The second kappa shape index (κ2) is 8.23. The molecule has 0 rings (SSSR count). The maximum Gasteiger partial charge on any atom is 0.236 e. The van der Waals surface area contributed by atoms with E-state index >= 15 is 0 Å². The summed E-state index contributed by atoms with van der Waals surface area (Å²) in [5, 5.41) is 0. The van der Waals surface area contributed by atoms with Crippen molar-refractivity contribution < 1.29 is 9.59 Å². The molecule has 0 bridgehead atoms. The first-order chi connectivity index (χ1) is 7.96. The van der Waals surface area contributed by atoms with Crippen molar-refractivity contribution in [3.63, 3.8) is 0 Å². The van der Waals surface area contributed by atoms with E-state index in [2.05, 4.69) is 0 Å². The van der Waals surface area contributed by atoms with Gasteiger partial charge >= 0.3 is 0 Å². The minimum Gasteiger partial charge on any atom is -0.342 e. The molecule has 0 aromatic heterocycles. The summed E-state index contributed by atoms with van der Waals surface area (Å²) < 4.78 is 0.